The zero-order valence-electron chi connectivity index (χ0n) is 24.9. The first-order valence-electron chi connectivity index (χ1n) is 16.8. The zero-order valence-corrected chi connectivity index (χ0v) is 24.9. The van der Waals surface area contributed by atoms with Crippen molar-refractivity contribution in [2.45, 2.75) is 141 Å². The molecule has 0 aliphatic heterocycles. The van der Waals surface area contributed by atoms with E-state index in [0.29, 0.717) is 5.78 Å². The fourth-order valence-electron chi connectivity index (χ4n) is 7.70. The molecule has 40 heavy (non-hydrogen) atoms. The molecular weight excluding hydrogens is 488 g/mol. The lowest BCUT2D eigenvalue weighted by atomic mass is 9.81. The van der Waals surface area contributed by atoms with Gasteiger partial charge in [-0.3, -0.25) is 4.79 Å². The molecule has 1 aromatic carbocycles. The van der Waals surface area contributed by atoms with Crippen molar-refractivity contribution in [3.05, 3.63) is 64.7 Å². The molecule has 3 aliphatic carbocycles. The number of unbranched alkanes of at least 4 members (excludes halogenated alkanes) is 1. The number of benzene rings is 1. The highest BCUT2D eigenvalue weighted by molar-refractivity contribution is 5.78. The minimum Gasteiger partial charge on any atom is -0.300 e. The number of Topliss-reactive ketones (excluding diaryl/α,β-unsaturated/α-hetero) is 1. The van der Waals surface area contributed by atoms with E-state index in [-0.39, 0.29) is 0 Å². The highest BCUT2D eigenvalue weighted by Crippen LogP contribution is 2.34. The van der Waals surface area contributed by atoms with Crippen molar-refractivity contribution < 1.29 is 4.79 Å². The fourth-order valence-corrected chi connectivity index (χ4v) is 7.70. The fraction of sp³-hybridized carbons (Fsp3) is 0.649. The van der Waals surface area contributed by atoms with E-state index in [1.54, 1.807) is 11.9 Å². The van der Waals surface area contributed by atoms with E-state index in [0.717, 1.165) is 75.5 Å². The van der Waals surface area contributed by atoms with Gasteiger partial charge in [-0.15, -0.1) is 0 Å². The van der Waals surface area contributed by atoms with Gasteiger partial charge >= 0.3 is 0 Å². The Hall–Kier alpha value is -2.29. The lowest BCUT2D eigenvalue weighted by Crippen LogP contribution is -2.14. The maximum absolute atomic E-state index is 12.6. The first-order chi connectivity index (χ1) is 19.7. The van der Waals surface area contributed by atoms with Crippen molar-refractivity contribution in [2.75, 3.05) is 0 Å². The van der Waals surface area contributed by atoms with E-state index in [2.05, 4.69) is 46.4 Å². The van der Waals surface area contributed by atoms with Crippen LogP contribution in [0.1, 0.15) is 150 Å². The van der Waals surface area contributed by atoms with E-state index >= 15 is 0 Å². The molecule has 3 nitrogen and oxygen atoms in total. The molecule has 0 N–H and O–H groups in total. The lowest BCUT2D eigenvalue weighted by Gasteiger charge is -2.25. The summed E-state index contributed by atoms with van der Waals surface area (Å²) in [4.78, 5) is 21.8. The van der Waals surface area contributed by atoms with Crippen LogP contribution in [0, 0.1) is 11.8 Å². The van der Waals surface area contributed by atoms with Crippen molar-refractivity contribution in [2.24, 2.45) is 11.8 Å². The van der Waals surface area contributed by atoms with Crippen molar-refractivity contribution >= 4 is 11.9 Å². The summed E-state index contributed by atoms with van der Waals surface area (Å²) in [6.45, 7) is 0. The number of rotatable bonds is 12. The average molecular weight is 541 g/mol. The molecule has 0 unspecified atom stereocenters. The van der Waals surface area contributed by atoms with Crippen LogP contribution in [0.25, 0.3) is 6.08 Å². The normalized spacial score (nSPS) is 21.9. The molecular formula is C37H52N2O. The number of hydrogen-bond donors (Lipinski definition) is 0. The predicted octanol–water partition coefficient (Wildman–Crippen LogP) is 9.77. The number of aromatic nitrogens is 2. The number of carbonyl (C=O) groups is 1. The van der Waals surface area contributed by atoms with Crippen molar-refractivity contribution in [1.29, 1.82) is 0 Å². The minimum absolute atomic E-state index is 0.490. The lowest BCUT2D eigenvalue weighted by molar-refractivity contribution is -0.119. The van der Waals surface area contributed by atoms with Gasteiger partial charge in [0.1, 0.15) is 12.1 Å². The zero-order chi connectivity index (χ0) is 27.4. The van der Waals surface area contributed by atoms with Crippen LogP contribution < -0.4 is 0 Å². The summed E-state index contributed by atoms with van der Waals surface area (Å²) in [5, 5.41) is 0. The first-order valence-corrected chi connectivity index (χ1v) is 16.8. The Bertz CT molecular complexity index is 1090. The molecule has 0 radical (unpaired) electrons. The largest absolute Gasteiger partial charge is 0.300 e. The van der Waals surface area contributed by atoms with Crippen molar-refractivity contribution in [3.63, 3.8) is 0 Å². The van der Waals surface area contributed by atoms with Gasteiger partial charge < -0.3 is 0 Å². The average Bonchev–Trinajstić information content (AvgIpc) is 2.98. The number of nitrogens with zero attached hydrogens (tertiary/aromatic N) is 2. The monoisotopic (exact) mass is 540 g/mol. The molecule has 2 fully saturated rings. The van der Waals surface area contributed by atoms with Crippen LogP contribution in [0.5, 0.6) is 0 Å². The number of hydrogen-bond acceptors (Lipinski definition) is 3. The Kier molecular flexibility index (Phi) is 11.4. The molecule has 1 heterocycles. The van der Waals surface area contributed by atoms with Gasteiger partial charge in [-0.05, 0) is 86.7 Å². The Morgan fingerprint density at radius 2 is 1.62 bits per heavy atom. The summed E-state index contributed by atoms with van der Waals surface area (Å²) in [6.07, 6.45) is 31.7. The number of carbonyl (C=O) groups excluding carboxylic acids is 1. The van der Waals surface area contributed by atoms with Crippen LogP contribution in [0.15, 0.2) is 36.7 Å². The topological polar surface area (TPSA) is 42.9 Å². The van der Waals surface area contributed by atoms with E-state index in [4.69, 9.17) is 0 Å². The highest BCUT2D eigenvalue weighted by Gasteiger charge is 2.20. The molecule has 3 aliphatic rings. The van der Waals surface area contributed by atoms with E-state index in [1.165, 1.54) is 99.6 Å². The van der Waals surface area contributed by atoms with Crippen LogP contribution in [0.3, 0.4) is 0 Å². The quantitative estimate of drug-likeness (QED) is 0.252. The van der Waals surface area contributed by atoms with Gasteiger partial charge in [0.25, 0.3) is 0 Å². The molecule has 2 saturated carbocycles. The number of ketones is 1. The Balaban J connectivity index is 0.941. The van der Waals surface area contributed by atoms with E-state index < -0.39 is 0 Å². The third-order valence-corrected chi connectivity index (χ3v) is 10.1. The van der Waals surface area contributed by atoms with Crippen LogP contribution in [0.2, 0.25) is 0 Å². The van der Waals surface area contributed by atoms with E-state index in [1.807, 2.05) is 0 Å². The number of allylic oxidation sites excluding steroid dienone is 1. The second kappa shape index (κ2) is 15.6. The summed E-state index contributed by atoms with van der Waals surface area (Å²) in [6, 6.07) is 9.32. The minimum atomic E-state index is 0.490. The maximum atomic E-state index is 12.6. The van der Waals surface area contributed by atoms with Gasteiger partial charge in [0, 0.05) is 18.4 Å². The van der Waals surface area contributed by atoms with Gasteiger partial charge in [-0.2, -0.15) is 0 Å². The van der Waals surface area contributed by atoms with Gasteiger partial charge in [-0.1, -0.05) is 101 Å². The van der Waals surface area contributed by atoms with Gasteiger partial charge in [0.05, 0.1) is 11.4 Å². The summed E-state index contributed by atoms with van der Waals surface area (Å²) in [7, 11) is 0. The van der Waals surface area contributed by atoms with Gasteiger partial charge in [0.15, 0.2) is 0 Å². The summed E-state index contributed by atoms with van der Waals surface area (Å²) >= 11 is 0. The first kappa shape index (κ1) is 29.2. The van der Waals surface area contributed by atoms with Crippen LogP contribution in [0.4, 0.5) is 0 Å². The Labute approximate surface area is 243 Å². The Morgan fingerprint density at radius 3 is 2.48 bits per heavy atom. The molecule has 0 saturated heterocycles. The smallest absolute Gasteiger partial charge is 0.132 e. The van der Waals surface area contributed by atoms with Gasteiger partial charge in [0.2, 0.25) is 0 Å². The van der Waals surface area contributed by atoms with Gasteiger partial charge in [-0.25, -0.2) is 9.97 Å². The number of aryl methyl sites for hydroxylation is 2. The molecule has 0 spiro atoms. The van der Waals surface area contributed by atoms with Crippen molar-refractivity contribution in [3.8, 4) is 0 Å². The SMILES string of the molecule is O=C(CCCCc1cccc(C2CCCCC2)c1)CCCC1CCCC(Cc2ncnc3c2C=CCC3)CCC1. The summed E-state index contributed by atoms with van der Waals surface area (Å²) in [5.41, 5.74) is 6.85. The van der Waals surface area contributed by atoms with Crippen LogP contribution in [-0.4, -0.2) is 15.8 Å². The molecule has 2 aromatic rings. The predicted molar refractivity (Wildman–Crippen MR) is 166 cm³/mol. The molecule has 5 rings (SSSR count). The highest BCUT2D eigenvalue weighted by atomic mass is 16.1. The molecule has 3 heteroatoms. The van der Waals surface area contributed by atoms with Crippen LogP contribution >= 0.6 is 0 Å². The molecule has 0 bridgehead atoms. The molecule has 216 valence electrons. The third-order valence-electron chi connectivity index (χ3n) is 10.1. The molecule has 0 amide bonds. The molecule has 0 atom stereocenters. The third kappa shape index (κ3) is 8.85. The second-order valence-corrected chi connectivity index (χ2v) is 13.1. The maximum Gasteiger partial charge on any atom is 0.132 e. The summed E-state index contributed by atoms with van der Waals surface area (Å²) in [5.74, 6) is 2.84. The standard InChI is InChI=1S/C37H52N2O/c40-34(22-5-4-12-30-18-10-21-33(26-30)32-19-2-1-3-20-32)23-11-15-29-13-8-16-31(17-9-14-29)27-37-35-24-6-7-25-36(35)38-28-39-37/h6,10,18,21,24,26,28-29,31-32H,1-5,7-9,11-17,19-20,22-23,25,27H2. The van der Waals surface area contributed by atoms with Crippen LogP contribution in [-0.2, 0) is 24.1 Å². The van der Waals surface area contributed by atoms with Crippen molar-refractivity contribution in [1.82, 2.24) is 9.97 Å². The molecule has 1 aromatic heterocycles. The Morgan fingerprint density at radius 1 is 0.825 bits per heavy atom. The number of fused-ring (bicyclic) bond motifs is 1. The summed E-state index contributed by atoms with van der Waals surface area (Å²) < 4.78 is 0. The second-order valence-electron chi connectivity index (χ2n) is 13.1. The van der Waals surface area contributed by atoms with E-state index in [9.17, 15) is 4.79 Å².